The van der Waals surface area contributed by atoms with Gasteiger partial charge in [0.05, 0.1) is 13.7 Å². The molecular formula is C20H22N6O2S. The highest BCUT2D eigenvalue weighted by Gasteiger charge is 2.39. The van der Waals surface area contributed by atoms with E-state index in [-0.39, 0.29) is 5.91 Å². The molecule has 29 heavy (non-hydrogen) atoms. The molecule has 150 valence electrons. The second-order valence-electron chi connectivity index (χ2n) is 7.58. The molecule has 4 heterocycles. The highest BCUT2D eigenvalue weighted by atomic mass is 32.1. The van der Waals surface area contributed by atoms with Crippen molar-refractivity contribution in [1.29, 1.82) is 0 Å². The zero-order valence-electron chi connectivity index (χ0n) is 16.1. The minimum absolute atomic E-state index is 0.231. The molecular weight excluding hydrogens is 388 g/mol. The van der Waals surface area contributed by atoms with Crippen molar-refractivity contribution in [3.05, 3.63) is 52.5 Å². The first-order valence-corrected chi connectivity index (χ1v) is 10.6. The monoisotopic (exact) mass is 410 g/mol. The van der Waals surface area contributed by atoms with Crippen molar-refractivity contribution in [1.82, 2.24) is 24.6 Å². The summed E-state index contributed by atoms with van der Waals surface area (Å²) in [6.45, 7) is 3.74. The van der Waals surface area contributed by atoms with Gasteiger partial charge in [-0.3, -0.25) is 9.69 Å². The standard InChI is InChI=1S/C20H22N6O2S/c1-28-16-4-2-15(3-5-16)22-20(27)19-24-23-17-8-13-9-25(10-14(13)11-26(17)19)12-18-21-6-7-29-18/h2-7,13-14H,8-12H2,1H3,(H,22,27)/t13-,14+/m0/s1. The van der Waals surface area contributed by atoms with Crippen LogP contribution in [-0.2, 0) is 19.5 Å². The Bertz CT molecular complexity index is 1000. The van der Waals surface area contributed by atoms with Gasteiger partial charge in [-0.05, 0) is 36.1 Å². The number of ether oxygens (including phenoxy) is 1. The molecule has 1 fully saturated rings. The smallest absolute Gasteiger partial charge is 0.293 e. The van der Waals surface area contributed by atoms with Crippen molar-refractivity contribution >= 4 is 22.9 Å². The van der Waals surface area contributed by atoms with Crippen molar-refractivity contribution in [3.8, 4) is 5.75 Å². The van der Waals surface area contributed by atoms with Gasteiger partial charge in [0.15, 0.2) is 0 Å². The number of aromatic nitrogens is 4. The summed E-state index contributed by atoms with van der Waals surface area (Å²) in [6, 6.07) is 7.26. The van der Waals surface area contributed by atoms with Crippen molar-refractivity contribution in [2.24, 2.45) is 11.8 Å². The third kappa shape index (κ3) is 3.63. The number of amides is 1. The molecule has 0 radical (unpaired) electrons. The first kappa shape index (κ1) is 18.3. The minimum Gasteiger partial charge on any atom is -0.497 e. The third-order valence-electron chi connectivity index (χ3n) is 5.73. The molecule has 0 aliphatic carbocycles. The van der Waals surface area contributed by atoms with Gasteiger partial charge in [0.25, 0.3) is 5.91 Å². The Morgan fingerprint density at radius 1 is 1.21 bits per heavy atom. The van der Waals surface area contributed by atoms with Gasteiger partial charge in [-0.15, -0.1) is 21.5 Å². The number of hydrogen-bond acceptors (Lipinski definition) is 7. The number of fused-ring (bicyclic) bond motifs is 2. The normalized spacial score (nSPS) is 20.9. The van der Waals surface area contributed by atoms with Gasteiger partial charge in [0.1, 0.15) is 16.6 Å². The minimum atomic E-state index is -0.231. The Morgan fingerprint density at radius 3 is 2.79 bits per heavy atom. The van der Waals surface area contributed by atoms with Gasteiger partial charge in [-0.25, -0.2) is 4.98 Å². The number of likely N-dealkylation sites (tertiary alicyclic amines) is 1. The van der Waals surface area contributed by atoms with E-state index in [4.69, 9.17) is 4.74 Å². The van der Waals surface area contributed by atoms with Crippen molar-refractivity contribution in [2.45, 2.75) is 19.5 Å². The van der Waals surface area contributed by atoms with Crippen LogP contribution in [0.15, 0.2) is 35.8 Å². The van der Waals surface area contributed by atoms with Crippen LogP contribution in [0.4, 0.5) is 5.69 Å². The number of nitrogens with zero attached hydrogens (tertiary/aromatic N) is 5. The summed E-state index contributed by atoms with van der Waals surface area (Å²) in [5.74, 6) is 2.87. The van der Waals surface area contributed by atoms with Crippen molar-refractivity contribution in [3.63, 3.8) is 0 Å². The number of carbonyl (C=O) groups excluding carboxylic acids is 1. The zero-order valence-corrected chi connectivity index (χ0v) is 16.9. The molecule has 2 aromatic heterocycles. The van der Waals surface area contributed by atoms with Crippen LogP contribution in [0.5, 0.6) is 5.75 Å². The molecule has 2 aliphatic heterocycles. The average molecular weight is 411 g/mol. The van der Waals surface area contributed by atoms with Gasteiger partial charge < -0.3 is 14.6 Å². The number of benzene rings is 1. The van der Waals surface area contributed by atoms with Crippen LogP contribution >= 0.6 is 11.3 Å². The maximum Gasteiger partial charge on any atom is 0.293 e. The molecule has 0 saturated carbocycles. The molecule has 8 nitrogen and oxygen atoms in total. The van der Waals surface area contributed by atoms with Crippen LogP contribution < -0.4 is 10.1 Å². The maximum absolute atomic E-state index is 12.8. The molecule has 0 spiro atoms. The molecule has 3 aromatic rings. The van der Waals surface area contributed by atoms with E-state index in [0.29, 0.717) is 23.3 Å². The van der Waals surface area contributed by atoms with Gasteiger partial charge >= 0.3 is 0 Å². The summed E-state index contributed by atoms with van der Waals surface area (Å²) in [4.78, 5) is 19.7. The van der Waals surface area contributed by atoms with E-state index in [1.54, 1.807) is 18.4 Å². The maximum atomic E-state index is 12.8. The van der Waals surface area contributed by atoms with Crippen LogP contribution in [0, 0.1) is 11.8 Å². The lowest BCUT2D eigenvalue weighted by Crippen LogP contribution is -2.31. The van der Waals surface area contributed by atoms with E-state index in [0.717, 1.165) is 49.2 Å². The lowest BCUT2D eigenvalue weighted by atomic mass is 9.89. The topological polar surface area (TPSA) is 85.2 Å². The predicted octanol–water partition coefficient (Wildman–Crippen LogP) is 2.30. The average Bonchev–Trinajstić information content (AvgIpc) is 3.46. The van der Waals surface area contributed by atoms with E-state index in [1.165, 1.54) is 0 Å². The molecule has 0 bridgehead atoms. The van der Waals surface area contributed by atoms with Gasteiger partial charge in [-0.2, -0.15) is 0 Å². The lowest BCUT2D eigenvalue weighted by molar-refractivity contribution is 0.100. The van der Waals surface area contributed by atoms with E-state index < -0.39 is 0 Å². The predicted molar refractivity (Wildman–Crippen MR) is 109 cm³/mol. The van der Waals surface area contributed by atoms with Crippen LogP contribution in [0.25, 0.3) is 0 Å². The second kappa shape index (κ2) is 7.57. The van der Waals surface area contributed by atoms with Crippen LogP contribution in [0.1, 0.15) is 21.5 Å². The summed E-state index contributed by atoms with van der Waals surface area (Å²) in [5, 5.41) is 14.6. The summed E-state index contributed by atoms with van der Waals surface area (Å²) in [7, 11) is 1.62. The van der Waals surface area contributed by atoms with Crippen molar-refractivity contribution in [2.75, 3.05) is 25.5 Å². The van der Waals surface area contributed by atoms with E-state index >= 15 is 0 Å². The SMILES string of the molecule is COc1ccc(NC(=O)c2nnc3n2C[C@H]2CN(Cc4nccs4)C[C@@H]2C3)cc1. The molecule has 5 rings (SSSR count). The summed E-state index contributed by atoms with van der Waals surface area (Å²) >= 11 is 1.70. The number of rotatable bonds is 5. The molecule has 1 N–H and O–H groups in total. The lowest BCUT2D eigenvalue weighted by Gasteiger charge is -2.25. The van der Waals surface area contributed by atoms with Gasteiger partial charge in [0.2, 0.25) is 5.82 Å². The van der Waals surface area contributed by atoms with Gasteiger partial charge in [0, 0.05) is 43.3 Å². The summed E-state index contributed by atoms with van der Waals surface area (Å²) in [6.07, 6.45) is 2.72. The molecule has 1 aromatic carbocycles. The molecule has 2 aliphatic rings. The first-order chi connectivity index (χ1) is 14.2. The van der Waals surface area contributed by atoms with Crippen LogP contribution in [0.2, 0.25) is 0 Å². The Labute approximate surface area is 172 Å². The summed E-state index contributed by atoms with van der Waals surface area (Å²) in [5.41, 5.74) is 0.706. The van der Waals surface area contributed by atoms with Crippen LogP contribution in [0.3, 0.4) is 0 Å². The Morgan fingerprint density at radius 2 is 2.03 bits per heavy atom. The number of hydrogen-bond donors (Lipinski definition) is 1. The zero-order chi connectivity index (χ0) is 19.8. The molecule has 0 unspecified atom stereocenters. The Hall–Kier alpha value is -2.78. The number of nitrogens with one attached hydrogen (secondary N) is 1. The van der Waals surface area contributed by atoms with Gasteiger partial charge in [-0.1, -0.05) is 0 Å². The molecule has 1 amide bonds. The molecule has 1 saturated heterocycles. The van der Waals surface area contributed by atoms with E-state index in [9.17, 15) is 4.79 Å². The molecule has 2 atom stereocenters. The number of thiazole rings is 1. The first-order valence-electron chi connectivity index (χ1n) is 9.68. The Balaban J connectivity index is 1.27. The number of carbonyl (C=O) groups is 1. The summed E-state index contributed by atoms with van der Waals surface area (Å²) < 4.78 is 7.15. The number of anilines is 1. The third-order valence-corrected chi connectivity index (χ3v) is 6.50. The highest BCUT2D eigenvalue weighted by molar-refractivity contribution is 7.09. The fraction of sp³-hybridized carbons (Fsp3) is 0.400. The van der Waals surface area contributed by atoms with Crippen molar-refractivity contribution < 1.29 is 9.53 Å². The quantitative estimate of drug-likeness (QED) is 0.695. The van der Waals surface area contributed by atoms with Crippen LogP contribution in [-0.4, -0.2) is 50.8 Å². The highest BCUT2D eigenvalue weighted by Crippen LogP contribution is 2.33. The Kier molecular flexibility index (Phi) is 4.76. The van der Waals surface area contributed by atoms with E-state index in [1.807, 2.05) is 40.4 Å². The largest absolute Gasteiger partial charge is 0.497 e. The fourth-order valence-electron chi connectivity index (χ4n) is 4.30. The second-order valence-corrected chi connectivity index (χ2v) is 8.56. The number of methoxy groups -OCH3 is 1. The molecule has 9 heteroatoms. The fourth-order valence-corrected chi connectivity index (χ4v) is 4.96. The van der Waals surface area contributed by atoms with E-state index in [2.05, 4.69) is 25.4 Å².